The summed E-state index contributed by atoms with van der Waals surface area (Å²) in [6, 6.07) is 26.0. The lowest BCUT2D eigenvalue weighted by Gasteiger charge is -2.11. The van der Waals surface area contributed by atoms with Crippen LogP contribution in [-0.4, -0.2) is 12.5 Å². The number of fused-ring (bicyclic) bond motifs is 2. The highest BCUT2D eigenvalue weighted by molar-refractivity contribution is 6.02. The van der Waals surface area contributed by atoms with Crippen molar-refractivity contribution in [2.45, 2.75) is 13.3 Å². The highest BCUT2D eigenvalue weighted by atomic mass is 16.5. The molecule has 0 unspecified atom stereocenters. The molecule has 1 aromatic heterocycles. The van der Waals surface area contributed by atoms with E-state index in [0.717, 1.165) is 28.4 Å². The molecular formula is C29H23NO5. The van der Waals surface area contributed by atoms with Crippen LogP contribution < -0.4 is 20.2 Å². The number of hydrogen-bond donors (Lipinski definition) is 1. The third-order valence-corrected chi connectivity index (χ3v) is 5.72. The Balaban J connectivity index is 1.29. The zero-order chi connectivity index (χ0) is 24.2. The number of ether oxygens (including phenoxy) is 2. The highest BCUT2D eigenvalue weighted by Gasteiger charge is 2.13. The highest BCUT2D eigenvalue weighted by Crippen LogP contribution is 2.27. The summed E-state index contributed by atoms with van der Waals surface area (Å²) in [5, 5.41) is 5.25. The van der Waals surface area contributed by atoms with E-state index in [4.69, 9.17) is 13.9 Å². The largest absolute Gasteiger partial charge is 0.484 e. The Labute approximate surface area is 201 Å². The van der Waals surface area contributed by atoms with Gasteiger partial charge in [0.25, 0.3) is 5.91 Å². The Morgan fingerprint density at radius 1 is 0.886 bits per heavy atom. The van der Waals surface area contributed by atoms with Crippen molar-refractivity contribution in [3.63, 3.8) is 0 Å². The third kappa shape index (κ3) is 4.73. The van der Waals surface area contributed by atoms with Crippen molar-refractivity contribution in [3.05, 3.63) is 107 Å². The summed E-state index contributed by atoms with van der Waals surface area (Å²) < 4.78 is 17.2. The average Bonchev–Trinajstić information content (AvgIpc) is 2.89. The normalized spacial score (nSPS) is 10.9. The minimum atomic E-state index is -0.291. The van der Waals surface area contributed by atoms with Gasteiger partial charge in [0, 0.05) is 17.1 Å². The Morgan fingerprint density at radius 2 is 1.69 bits per heavy atom. The van der Waals surface area contributed by atoms with Crippen LogP contribution in [0.3, 0.4) is 0 Å². The molecule has 6 nitrogen and oxygen atoms in total. The Kier molecular flexibility index (Phi) is 6.18. The lowest BCUT2D eigenvalue weighted by atomic mass is 10.1. The quantitative estimate of drug-likeness (QED) is 0.304. The van der Waals surface area contributed by atoms with Gasteiger partial charge in [0.2, 0.25) is 11.2 Å². The fraction of sp³-hybridized carbons (Fsp3) is 0.103. The van der Waals surface area contributed by atoms with Gasteiger partial charge in [-0.05, 0) is 41.6 Å². The second kappa shape index (κ2) is 9.73. The van der Waals surface area contributed by atoms with Crippen LogP contribution in [0.2, 0.25) is 0 Å². The molecular weight excluding hydrogens is 442 g/mol. The number of carbonyl (C=O) groups excluding carboxylic acids is 1. The molecule has 0 saturated carbocycles. The Hall–Kier alpha value is -4.58. The number of carbonyl (C=O) groups is 1. The Bertz CT molecular complexity index is 1580. The number of hydrogen-bond acceptors (Lipinski definition) is 5. The van der Waals surface area contributed by atoms with E-state index < -0.39 is 0 Å². The predicted molar refractivity (Wildman–Crippen MR) is 136 cm³/mol. The molecule has 0 aliphatic carbocycles. The molecule has 5 rings (SSSR count). The second-order valence-corrected chi connectivity index (χ2v) is 8.01. The van der Waals surface area contributed by atoms with E-state index in [1.807, 2.05) is 73.7 Å². The molecule has 0 atom stereocenters. The van der Waals surface area contributed by atoms with Gasteiger partial charge in [-0.2, -0.15) is 0 Å². The number of amides is 1. The van der Waals surface area contributed by atoms with Gasteiger partial charge in [0.05, 0.1) is 5.39 Å². The molecule has 1 heterocycles. The molecule has 0 bridgehead atoms. The van der Waals surface area contributed by atoms with Gasteiger partial charge >= 0.3 is 0 Å². The summed E-state index contributed by atoms with van der Waals surface area (Å²) in [5.74, 6) is 0.861. The average molecular weight is 466 g/mol. The molecule has 0 aliphatic rings. The SMILES string of the molecule is CCc1ccccc1Oc1coc2cc(OCC(=O)Nc3cccc4ccccc34)ccc2c1=O. The summed E-state index contributed by atoms with van der Waals surface area (Å²) in [4.78, 5) is 25.4. The number of benzene rings is 4. The Morgan fingerprint density at radius 3 is 2.57 bits per heavy atom. The van der Waals surface area contributed by atoms with Crippen molar-refractivity contribution in [2.75, 3.05) is 11.9 Å². The minimum absolute atomic E-state index is 0.113. The van der Waals surface area contributed by atoms with E-state index >= 15 is 0 Å². The van der Waals surface area contributed by atoms with Crippen LogP contribution in [0.15, 0.2) is 100 Å². The maximum absolute atomic E-state index is 12.9. The van der Waals surface area contributed by atoms with E-state index in [9.17, 15) is 9.59 Å². The van der Waals surface area contributed by atoms with Crippen LogP contribution in [0.4, 0.5) is 5.69 Å². The zero-order valence-electron chi connectivity index (χ0n) is 19.1. The van der Waals surface area contributed by atoms with E-state index in [0.29, 0.717) is 22.5 Å². The van der Waals surface area contributed by atoms with Gasteiger partial charge in [-0.3, -0.25) is 9.59 Å². The van der Waals surface area contributed by atoms with Crippen LogP contribution in [-0.2, 0) is 11.2 Å². The van der Waals surface area contributed by atoms with E-state index in [2.05, 4.69) is 5.32 Å². The minimum Gasteiger partial charge on any atom is -0.484 e. The molecule has 5 aromatic rings. The maximum Gasteiger partial charge on any atom is 0.262 e. The first-order chi connectivity index (χ1) is 17.1. The molecule has 174 valence electrons. The molecule has 0 aliphatic heterocycles. The lowest BCUT2D eigenvalue weighted by Crippen LogP contribution is -2.20. The first-order valence-corrected chi connectivity index (χ1v) is 11.3. The van der Waals surface area contributed by atoms with Crippen LogP contribution >= 0.6 is 0 Å². The molecule has 0 fully saturated rings. The van der Waals surface area contributed by atoms with Crippen LogP contribution in [0.5, 0.6) is 17.2 Å². The van der Waals surface area contributed by atoms with Gasteiger partial charge < -0.3 is 19.2 Å². The maximum atomic E-state index is 12.9. The van der Waals surface area contributed by atoms with Crippen molar-refractivity contribution in [3.8, 4) is 17.2 Å². The smallest absolute Gasteiger partial charge is 0.262 e. The van der Waals surface area contributed by atoms with Gasteiger partial charge in [0.15, 0.2) is 6.61 Å². The summed E-state index contributed by atoms with van der Waals surface area (Å²) in [5.41, 5.74) is 1.78. The second-order valence-electron chi connectivity index (χ2n) is 8.01. The summed E-state index contributed by atoms with van der Waals surface area (Å²) in [7, 11) is 0. The fourth-order valence-corrected chi connectivity index (χ4v) is 3.93. The van der Waals surface area contributed by atoms with E-state index in [-0.39, 0.29) is 23.7 Å². The summed E-state index contributed by atoms with van der Waals surface area (Å²) in [6.45, 7) is 1.84. The van der Waals surface area contributed by atoms with Crippen molar-refractivity contribution in [2.24, 2.45) is 0 Å². The molecule has 4 aromatic carbocycles. The van der Waals surface area contributed by atoms with E-state index in [1.54, 1.807) is 18.2 Å². The van der Waals surface area contributed by atoms with Crippen LogP contribution in [0.25, 0.3) is 21.7 Å². The van der Waals surface area contributed by atoms with Crippen molar-refractivity contribution >= 4 is 33.3 Å². The van der Waals surface area contributed by atoms with Gasteiger partial charge in [0.1, 0.15) is 23.3 Å². The summed E-state index contributed by atoms with van der Waals surface area (Å²) >= 11 is 0. The van der Waals surface area contributed by atoms with Crippen molar-refractivity contribution in [1.82, 2.24) is 0 Å². The third-order valence-electron chi connectivity index (χ3n) is 5.72. The van der Waals surface area contributed by atoms with Crippen molar-refractivity contribution < 1.29 is 18.7 Å². The number of para-hydroxylation sites is 1. The van der Waals surface area contributed by atoms with Gasteiger partial charge in [-0.1, -0.05) is 61.5 Å². The van der Waals surface area contributed by atoms with Gasteiger partial charge in [-0.15, -0.1) is 0 Å². The topological polar surface area (TPSA) is 77.8 Å². The number of anilines is 1. The molecule has 0 saturated heterocycles. The molecule has 0 radical (unpaired) electrons. The molecule has 35 heavy (non-hydrogen) atoms. The van der Waals surface area contributed by atoms with Crippen molar-refractivity contribution in [1.29, 1.82) is 0 Å². The first-order valence-electron chi connectivity index (χ1n) is 11.3. The van der Waals surface area contributed by atoms with Gasteiger partial charge in [-0.25, -0.2) is 0 Å². The van der Waals surface area contributed by atoms with Crippen LogP contribution in [0, 0.1) is 0 Å². The summed E-state index contributed by atoms with van der Waals surface area (Å²) in [6.07, 6.45) is 2.08. The first kappa shape index (κ1) is 22.2. The molecule has 1 amide bonds. The zero-order valence-corrected chi connectivity index (χ0v) is 19.1. The molecule has 0 spiro atoms. The molecule has 6 heteroatoms. The monoisotopic (exact) mass is 465 g/mol. The van der Waals surface area contributed by atoms with E-state index in [1.165, 1.54) is 6.26 Å². The number of nitrogens with one attached hydrogen (secondary N) is 1. The molecule has 1 N–H and O–H groups in total. The predicted octanol–water partition coefficient (Wildman–Crippen LogP) is 6.32. The standard InChI is InChI=1S/C29H23NO5/c1-2-19-8-4-6-13-25(19)35-27-17-34-26-16-21(14-15-23(26)29(27)32)33-18-28(31)30-24-12-7-10-20-9-3-5-11-22(20)24/h3-17H,2,18H2,1H3,(H,30,31). The fourth-order valence-electron chi connectivity index (χ4n) is 3.93. The lowest BCUT2D eigenvalue weighted by molar-refractivity contribution is -0.118. The van der Waals surface area contributed by atoms with Crippen LogP contribution in [0.1, 0.15) is 12.5 Å². The number of aryl methyl sites for hydroxylation is 1. The number of rotatable bonds is 7.